The Kier molecular flexibility index (Phi) is 7.90. The molecule has 200 valence electrons. The van der Waals surface area contributed by atoms with Crippen molar-refractivity contribution in [2.24, 2.45) is 0 Å². The molecule has 0 amide bonds. The smallest absolute Gasteiger partial charge is 0.161 e. The number of fused-ring (bicyclic) bond motifs is 6. The number of hydrogen-bond acceptors (Lipinski definition) is 8. The van der Waals surface area contributed by atoms with Crippen LogP contribution < -0.4 is 18.9 Å². The molecular formula is C29H37NO7. The van der Waals surface area contributed by atoms with Crippen LogP contribution in [0.1, 0.15) is 42.9 Å². The Morgan fingerprint density at radius 2 is 1.43 bits per heavy atom. The van der Waals surface area contributed by atoms with Gasteiger partial charge >= 0.3 is 0 Å². The van der Waals surface area contributed by atoms with E-state index in [1.54, 1.807) is 28.4 Å². The number of benzene rings is 3. The maximum Gasteiger partial charge on any atom is 0.161 e. The molecule has 0 aliphatic carbocycles. The van der Waals surface area contributed by atoms with Crippen molar-refractivity contribution in [1.29, 1.82) is 0 Å². The second kappa shape index (κ2) is 11.3. The molecule has 2 unspecified atom stereocenters. The summed E-state index contributed by atoms with van der Waals surface area (Å²) in [6.45, 7) is 3.51. The molecule has 2 atom stereocenters. The van der Waals surface area contributed by atoms with Gasteiger partial charge in [0.15, 0.2) is 29.3 Å². The van der Waals surface area contributed by atoms with Crippen molar-refractivity contribution in [2.75, 3.05) is 54.7 Å². The molecule has 8 heteroatoms. The third-order valence-corrected chi connectivity index (χ3v) is 7.48. The van der Waals surface area contributed by atoms with E-state index in [1.807, 2.05) is 24.3 Å². The molecule has 1 saturated heterocycles. The fraction of sp³-hybridized carbons (Fsp3) is 0.517. The standard InChI is InChI=1S/C29H37NO7/c1-32-24-12-18-19-13-25(33-2)27(35-4)15-21(19)29-22(20(18)14-26(24)34-3)16-30(17-23(29)31)9-7-11-37-28-8-5-6-10-36-28/h12-15,23,28,31H,5-11,16-17H2,1-4H3. The highest BCUT2D eigenvalue weighted by Crippen LogP contribution is 2.46. The third kappa shape index (κ3) is 5.03. The second-order valence-electron chi connectivity index (χ2n) is 9.67. The van der Waals surface area contributed by atoms with Crippen LogP contribution in [-0.4, -0.2) is 71.0 Å². The number of hydrogen-bond donors (Lipinski definition) is 1. The number of nitrogens with zero attached hydrogens (tertiary/aromatic N) is 1. The number of β-amino-alcohol motifs (C(OH)–C–C–N with tert-alkyl or cyclic N) is 1. The van der Waals surface area contributed by atoms with Gasteiger partial charge in [-0.2, -0.15) is 0 Å². The van der Waals surface area contributed by atoms with E-state index in [4.69, 9.17) is 28.4 Å². The number of rotatable bonds is 9. The summed E-state index contributed by atoms with van der Waals surface area (Å²) in [6.07, 6.45) is 3.38. The predicted octanol–water partition coefficient (Wildman–Crippen LogP) is 4.81. The van der Waals surface area contributed by atoms with E-state index in [0.717, 1.165) is 71.5 Å². The molecule has 3 aromatic carbocycles. The van der Waals surface area contributed by atoms with E-state index in [0.29, 0.717) is 42.7 Å². The van der Waals surface area contributed by atoms with Crippen molar-refractivity contribution in [1.82, 2.24) is 4.90 Å². The first-order valence-corrected chi connectivity index (χ1v) is 13.0. The molecule has 2 aliphatic heterocycles. The number of ether oxygens (including phenoxy) is 6. The van der Waals surface area contributed by atoms with Crippen molar-refractivity contribution < 1.29 is 33.5 Å². The lowest BCUT2D eigenvalue weighted by Crippen LogP contribution is -2.35. The Bertz CT molecular complexity index is 1250. The maximum atomic E-state index is 11.4. The van der Waals surface area contributed by atoms with Gasteiger partial charge < -0.3 is 33.5 Å². The largest absolute Gasteiger partial charge is 0.493 e. The van der Waals surface area contributed by atoms with E-state index in [2.05, 4.69) is 4.90 Å². The zero-order chi connectivity index (χ0) is 25.9. The molecule has 37 heavy (non-hydrogen) atoms. The molecule has 3 aromatic rings. The van der Waals surface area contributed by atoms with Crippen molar-refractivity contribution in [3.63, 3.8) is 0 Å². The van der Waals surface area contributed by atoms with Gasteiger partial charge in [0.05, 0.1) is 41.2 Å². The molecule has 5 rings (SSSR count). The molecule has 0 bridgehead atoms. The number of aliphatic hydroxyl groups is 1. The van der Waals surface area contributed by atoms with Gasteiger partial charge in [0.1, 0.15) is 0 Å². The Morgan fingerprint density at radius 3 is 2.03 bits per heavy atom. The lowest BCUT2D eigenvalue weighted by Gasteiger charge is -2.34. The summed E-state index contributed by atoms with van der Waals surface area (Å²) < 4.78 is 34.1. The van der Waals surface area contributed by atoms with Gasteiger partial charge in [-0.1, -0.05) is 0 Å². The normalized spacial score (nSPS) is 20.1. The van der Waals surface area contributed by atoms with Crippen LogP contribution in [-0.2, 0) is 16.0 Å². The molecule has 2 aliphatic rings. The summed E-state index contributed by atoms with van der Waals surface area (Å²) in [7, 11) is 6.54. The van der Waals surface area contributed by atoms with Crippen LogP contribution in [0.2, 0.25) is 0 Å². The Balaban J connectivity index is 1.53. The van der Waals surface area contributed by atoms with Gasteiger partial charge in [-0.15, -0.1) is 0 Å². The first kappa shape index (κ1) is 25.9. The van der Waals surface area contributed by atoms with Crippen LogP contribution in [0, 0.1) is 0 Å². The average Bonchev–Trinajstić information content (AvgIpc) is 2.94. The summed E-state index contributed by atoms with van der Waals surface area (Å²) >= 11 is 0. The predicted molar refractivity (Wildman–Crippen MR) is 142 cm³/mol. The quantitative estimate of drug-likeness (QED) is 0.324. The van der Waals surface area contributed by atoms with Crippen molar-refractivity contribution in [2.45, 2.75) is 44.6 Å². The number of methoxy groups -OCH3 is 4. The highest BCUT2D eigenvalue weighted by atomic mass is 16.7. The second-order valence-corrected chi connectivity index (χ2v) is 9.67. The summed E-state index contributed by atoms with van der Waals surface area (Å²) in [5.74, 6) is 2.58. The van der Waals surface area contributed by atoms with E-state index in [1.165, 1.54) is 0 Å². The molecule has 0 aromatic heterocycles. The summed E-state index contributed by atoms with van der Waals surface area (Å²) in [6, 6.07) is 7.97. The molecule has 0 radical (unpaired) electrons. The van der Waals surface area contributed by atoms with E-state index >= 15 is 0 Å². The zero-order valence-corrected chi connectivity index (χ0v) is 22.2. The SMILES string of the molecule is COc1cc2c3c(c4cc(OC)c(OC)cc4c2cc1OC)C(O)CN(CCCOC1CCCCO1)C3. The van der Waals surface area contributed by atoms with E-state index < -0.39 is 6.10 Å². The highest BCUT2D eigenvalue weighted by molar-refractivity contribution is 6.13. The summed E-state index contributed by atoms with van der Waals surface area (Å²) in [5.41, 5.74) is 2.02. The summed E-state index contributed by atoms with van der Waals surface area (Å²) in [5, 5.41) is 15.4. The van der Waals surface area contributed by atoms with E-state index in [9.17, 15) is 5.11 Å². The minimum absolute atomic E-state index is 0.0776. The Labute approximate surface area is 217 Å². The van der Waals surface area contributed by atoms with Gasteiger partial charge in [-0.05, 0) is 82.6 Å². The molecule has 1 N–H and O–H groups in total. The van der Waals surface area contributed by atoms with Gasteiger partial charge in [-0.25, -0.2) is 0 Å². The molecular weight excluding hydrogens is 474 g/mol. The van der Waals surface area contributed by atoms with Gasteiger partial charge in [0.2, 0.25) is 0 Å². The lowest BCUT2D eigenvalue weighted by atomic mass is 9.86. The van der Waals surface area contributed by atoms with Gasteiger partial charge in [0, 0.05) is 26.2 Å². The average molecular weight is 512 g/mol. The lowest BCUT2D eigenvalue weighted by molar-refractivity contribution is -0.163. The molecule has 2 heterocycles. The van der Waals surface area contributed by atoms with E-state index in [-0.39, 0.29) is 6.29 Å². The minimum Gasteiger partial charge on any atom is -0.493 e. The summed E-state index contributed by atoms with van der Waals surface area (Å²) in [4.78, 5) is 2.29. The van der Waals surface area contributed by atoms with Crippen molar-refractivity contribution in [3.8, 4) is 23.0 Å². The fourth-order valence-corrected chi connectivity index (χ4v) is 5.67. The van der Waals surface area contributed by atoms with Crippen molar-refractivity contribution >= 4 is 21.5 Å². The maximum absolute atomic E-state index is 11.4. The van der Waals surface area contributed by atoms with Crippen LogP contribution >= 0.6 is 0 Å². The highest BCUT2D eigenvalue weighted by Gasteiger charge is 2.29. The van der Waals surface area contributed by atoms with Crippen LogP contribution in [0.15, 0.2) is 24.3 Å². The van der Waals surface area contributed by atoms with Crippen molar-refractivity contribution in [3.05, 3.63) is 35.4 Å². The van der Waals surface area contributed by atoms with Crippen LogP contribution in [0.3, 0.4) is 0 Å². The monoisotopic (exact) mass is 511 g/mol. The first-order valence-electron chi connectivity index (χ1n) is 13.0. The molecule has 8 nitrogen and oxygen atoms in total. The Morgan fingerprint density at radius 1 is 0.838 bits per heavy atom. The van der Waals surface area contributed by atoms with Gasteiger partial charge in [0.25, 0.3) is 0 Å². The Hall–Kier alpha value is -2.78. The van der Waals surface area contributed by atoms with Gasteiger partial charge in [-0.3, -0.25) is 4.90 Å². The number of aliphatic hydroxyl groups excluding tert-OH is 1. The zero-order valence-electron chi connectivity index (χ0n) is 22.2. The molecule has 1 fully saturated rings. The molecule has 0 saturated carbocycles. The minimum atomic E-state index is -0.649. The van der Waals surface area contributed by atoms with Crippen LogP contribution in [0.25, 0.3) is 21.5 Å². The molecule has 0 spiro atoms. The first-order chi connectivity index (χ1) is 18.1. The van der Waals surface area contributed by atoms with Crippen LogP contribution in [0.4, 0.5) is 0 Å². The van der Waals surface area contributed by atoms with Crippen LogP contribution in [0.5, 0.6) is 23.0 Å². The third-order valence-electron chi connectivity index (χ3n) is 7.48. The fourth-order valence-electron chi connectivity index (χ4n) is 5.67. The topological polar surface area (TPSA) is 78.9 Å².